The summed E-state index contributed by atoms with van der Waals surface area (Å²) in [5, 5.41) is 15.1. The van der Waals surface area contributed by atoms with Crippen molar-refractivity contribution in [3.8, 4) is 11.8 Å². The highest BCUT2D eigenvalue weighted by Gasteiger charge is 2.36. The lowest BCUT2D eigenvalue weighted by molar-refractivity contribution is 0.0594. The van der Waals surface area contributed by atoms with Crippen molar-refractivity contribution < 1.29 is 13.9 Å². The fraction of sp³-hybridized carbons (Fsp3) is 0.481. The summed E-state index contributed by atoms with van der Waals surface area (Å²) in [6.45, 7) is 3.43. The SMILES string of the molecule is COC(=O)c1cc(N2CCC(N3CC(C#N)C3)CC2)c2c(C3CCC3)nn(-c3ccc(F)cc3)c2n1. The van der Waals surface area contributed by atoms with Crippen molar-refractivity contribution in [1.29, 1.82) is 5.26 Å². The normalized spacial score (nSPS) is 19.6. The Morgan fingerprint density at radius 2 is 1.86 bits per heavy atom. The van der Waals surface area contributed by atoms with Crippen molar-refractivity contribution in [3.63, 3.8) is 0 Å². The second-order valence-corrected chi connectivity index (χ2v) is 10.1. The van der Waals surface area contributed by atoms with Gasteiger partial charge in [-0.2, -0.15) is 10.4 Å². The zero-order valence-corrected chi connectivity index (χ0v) is 20.4. The number of aromatic nitrogens is 3. The minimum absolute atomic E-state index is 0.160. The van der Waals surface area contributed by atoms with Gasteiger partial charge in [0.05, 0.1) is 41.6 Å². The smallest absolute Gasteiger partial charge is 0.356 e. The highest BCUT2D eigenvalue weighted by Crippen LogP contribution is 2.43. The van der Waals surface area contributed by atoms with Crippen LogP contribution in [0.1, 0.15) is 54.2 Å². The molecular formula is C27H29FN6O2. The van der Waals surface area contributed by atoms with Crippen LogP contribution in [0.15, 0.2) is 30.3 Å². The van der Waals surface area contributed by atoms with E-state index >= 15 is 0 Å². The van der Waals surface area contributed by atoms with E-state index in [2.05, 4.69) is 15.9 Å². The summed E-state index contributed by atoms with van der Waals surface area (Å²) >= 11 is 0. The first kappa shape index (κ1) is 22.9. The number of hydrogen-bond donors (Lipinski definition) is 0. The summed E-state index contributed by atoms with van der Waals surface area (Å²) in [7, 11) is 1.36. The Morgan fingerprint density at radius 1 is 1.14 bits per heavy atom. The van der Waals surface area contributed by atoms with Crippen molar-refractivity contribution in [3.05, 3.63) is 47.5 Å². The number of likely N-dealkylation sites (tertiary alicyclic amines) is 1. The number of piperidine rings is 1. The van der Waals surface area contributed by atoms with Crippen LogP contribution in [0, 0.1) is 23.1 Å². The molecule has 1 aliphatic carbocycles. The molecule has 186 valence electrons. The largest absolute Gasteiger partial charge is 0.464 e. The van der Waals surface area contributed by atoms with Crippen molar-refractivity contribution in [2.24, 2.45) is 5.92 Å². The molecule has 1 aromatic carbocycles. The van der Waals surface area contributed by atoms with Gasteiger partial charge < -0.3 is 9.64 Å². The number of hydrogen-bond acceptors (Lipinski definition) is 7. The molecule has 2 saturated heterocycles. The highest BCUT2D eigenvalue weighted by atomic mass is 19.1. The first-order chi connectivity index (χ1) is 17.6. The summed E-state index contributed by atoms with van der Waals surface area (Å²) < 4.78 is 20.4. The van der Waals surface area contributed by atoms with Crippen LogP contribution in [-0.2, 0) is 4.74 Å². The Balaban J connectivity index is 1.42. The van der Waals surface area contributed by atoms with E-state index in [1.807, 2.05) is 6.07 Å². The van der Waals surface area contributed by atoms with E-state index < -0.39 is 5.97 Å². The van der Waals surface area contributed by atoms with E-state index in [4.69, 9.17) is 20.1 Å². The van der Waals surface area contributed by atoms with Crippen LogP contribution in [0.5, 0.6) is 0 Å². The van der Waals surface area contributed by atoms with Gasteiger partial charge in [-0.1, -0.05) is 6.42 Å². The van der Waals surface area contributed by atoms with Crippen molar-refractivity contribution in [2.45, 2.75) is 44.1 Å². The third-order valence-corrected chi connectivity index (χ3v) is 8.02. The molecule has 1 saturated carbocycles. The molecule has 36 heavy (non-hydrogen) atoms. The van der Waals surface area contributed by atoms with Gasteiger partial charge in [0.25, 0.3) is 0 Å². The first-order valence-corrected chi connectivity index (χ1v) is 12.7. The molecule has 3 aliphatic rings. The van der Waals surface area contributed by atoms with Crippen LogP contribution in [0.2, 0.25) is 0 Å². The standard InChI is InChI=1S/C27H29FN6O2/c1-36-27(35)22-13-23(32-11-9-20(10-12-32)33-15-17(14-29)16-33)24-25(18-3-2-4-18)31-34(26(24)30-22)21-7-5-19(28)6-8-21/h5-8,13,17-18,20H,2-4,9-12,15-16H2,1H3. The maximum Gasteiger partial charge on any atom is 0.356 e. The zero-order valence-electron chi connectivity index (χ0n) is 20.4. The predicted octanol–water partition coefficient (Wildman–Crippen LogP) is 4.04. The fourth-order valence-electron chi connectivity index (χ4n) is 5.68. The van der Waals surface area contributed by atoms with Gasteiger partial charge >= 0.3 is 5.97 Å². The van der Waals surface area contributed by atoms with E-state index in [9.17, 15) is 9.18 Å². The number of ether oxygens (including phenoxy) is 1. The van der Waals surface area contributed by atoms with E-state index in [-0.39, 0.29) is 17.4 Å². The predicted molar refractivity (Wildman–Crippen MR) is 133 cm³/mol. The summed E-state index contributed by atoms with van der Waals surface area (Å²) in [5.41, 5.74) is 3.51. The van der Waals surface area contributed by atoms with Gasteiger partial charge in [0, 0.05) is 38.1 Å². The van der Waals surface area contributed by atoms with E-state index in [0.29, 0.717) is 23.3 Å². The molecule has 3 aromatic rings. The molecule has 9 heteroatoms. The summed E-state index contributed by atoms with van der Waals surface area (Å²) in [6, 6.07) is 10.9. The molecule has 8 nitrogen and oxygen atoms in total. The number of methoxy groups -OCH3 is 1. The number of halogens is 1. The van der Waals surface area contributed by atoms with Crippen LogP contribution >= 0.6 is 0 Å². The number of nitriles is 1. The van der Waals surface area contributed by atoms with Crippen molar-refractivity contribution >= 4 is 22.7 Å². The maximum absolute atomic E-state index is 13.7. The third kappa shape index (κ3) is 3.90. The molecule has 4 heterocycles. The van der Waals surface area contributed by atoms with Gasteiger partial charge in [0.1, 0.15) is 5.82 Å². The highest BCUT2D eigenvalue weighted by molar-refractivity contribution is 5.99. The second-order valence-electron chi connectivity index (χ2n) is 10.1. The number of pyridine rings is 1. The number of carbonyl (C=O) groups excluding carboxylic acids is 1. The summed E-state index contributed by atoms with van der Waals surface area (Å²) in [4.78, 5) is 22.1. The van der Waals surface area contributed by atoms with Crippen LogP contribution in [0.4, 0.5) is 10.1 Å². The Kier molecular flexibility index (Phi) is 5.84. The van der Waals surface area contributed by atoms with E-state index in [1.54, 1.807) is 16.8 Å². The van der Waals surface area contributed by atoms with Crippen LogP contribution < -0.4 is 4.90 Å². The topological polar surface area (TPSA) is 87.3 Å². The second kappa shape index (κ2) is 9.17. The molecule has 6 rings (SSSR count). The molecule has 0 bridgehead atoms. The Bertz CT molecular complexity index is 1330. The maximum atomic E-state index is 13.7. The van der Waals surface area contributed by atoms with Crippen LogP contribution in [-0.4, -0.2) is 65.0 Å². The molecule has 0 spiro atoms. The minimum Gasteiger partial charge on any atom is -0.464 e. The number of nitrogens with zero attached hydrogens (tertiary/aromatic N) is 6. The summed E-state index contributed by atoms with van der Waals surface area (Å²) in [5.74, 6) is -0.300. The van der Waals surface area contributed by atoms with E-state index in [1.165, 1.54) is 25.7 Å². The molecule has 0 radical (unpaired) electrons. The van der Waals surface area contributed by atoms with Gasteiger partial charge in [-0.3, -0.25) is 4.90 Å². The molecule has 0 amide bonds. The number of carbonyl (C=O) groups is 1. The molecule has 2 aromatic heterocycles. The molecule has 0 N–H and O–H groups in total. The zero-order chi connectivity index (χ0) is 24.8. The summed E-state index contributed by atoms with van der Waals surface area (Å²) in [6.07, 6.45) is 5.32. The molecule has 2 aliphatic heterocycles. The first-order valence-electron chi connectivity index (χ1n) is 12.7. The Morgan fingerprint density at radius 3 is 2.47 bits per heavy atom. The van der Waals surface area contributed by atoms with Crippen LogP contribution in [0.3, 0.4) is 0 Å². The minimum atomic E-state index is -0.492. The Hall–Kier alpha value is -3.51. The molecular weight excluding hydrogens is 459 g/mol. The third-order valence-electron chi connectivity index (χ3n) is 8.02. The fourth-order valence-corrected chi connectivity index (χ4v) is 5.68. The lowest BCUT2D eigenvalue weighted by atomic mass is 9.82. The van der Waals surface area contributed by atoms with Gasteiger partial charge in [0.2, 0.25) is 0 Å². The van der Waals surface area contributed by atoms with Gasteiger partial charge in [-0.25, -0.2) is 18.9 Å². The molecule has 3 fully saturated rings. The monoisotopic (exact) mass is 488 g/mol. The van der Waals surface area contributed by atoms with Gasteiger partial charge in [-0.15, -0.1) is 0 Å². The molecule has 0 unspecified atom stereocenters. The Labute approximate surface area is 209 Å². The van der Waals surface area contributed by atoms with Gasteiger partial charge in [0.15, 0.2) is 11.3 Å². The average Bonchev–Trinajstić information content (AvgIpc) is 3.21. The number of anilines is 1. The lowest BCUT2D eigenvalue weighted by Gasteiger charge is -2.45. The average molecular weight is 489 g/mol. The van der Waals surface area contributed by atoms with E-state index in [0.717, 1.165) is 68.6 Å². The number of benzene rings is 1. The quantitative estimate of drug-likeness (QED) is 0.501. The van der Waals surface area contributed by atoms with Crippen LogP contribution in [0.25, 0.3) is 16.7 Å². The van der Waals surface area contributed by atoms with Crippen molar-refractivity contribution in [2.75, 3.05) is 38.2 Å². The molecule has 0 atom stereocenters. The number of fused-ring (bicyclic) bond motifs is 1. The van der Waals surface area contributed by atoms with Gasteiger partial charge in [-0.05, 0) is 56.0 Å². The number of esters is 1. The number of rotatable bonds is 5. The lowest BCUT2D eigenvalue weighted by Crippen LogP contribution is -2.54. The van der Waals surface area contributed by atoms with Crippen molar-refractivity contribution in [1.82, 2.24) is 19.7 Å².